The highest BCUT2D eigenvalue weighted by molar-refractivity contribution is 6.22. The summed E-state index contributed by atoms with van der Waals surface area (Å²) in [6, 6.07) is 11.9. The second-order valence-corrected chi connectivity index (χ2v) is 8.11. The van der Waals surface area contributed by atoms with Crippen LogP contribution in [0, 0.1) is 29.5 Å². The van der Waals surface area contributed by atoms with Gasteiger partial charge >= 0.3 is 0 Å². The van der Waals surface area contributed by atoms with Gasteiger partial charge in [0.05, 0.1) is 17.5 Å². The maximum absolute atomic E-state index is 12.9. The Morgan fingerprint density at radius 1 is 0.931 bits per heavy atom. The lowest BCUT2D eigenvalue weighted by Crippen LogP contribution is -2.32. The number of carbonyl (C=O) groups excluding carboxylic acids is 3. The predicted octanol–water partition coefficient (Wildman–Crippen LogP) is 3.62. The molecule has 0 aromatic heterocycles. The molecule has 0 unspecified atom stereocenters. The van der Waals surface area contributed by atoms with Gasteiger partial charge in [-0.2, -0.15) is 0 Å². The summed E-state index contributed by atoms with van der Waals surface area (Å²) in [6.45, 7) is -0.180. The van der Waals surface area contributed by atoms with Crippen LogP contribution >= 0.6 is 0 Å². The van der Waals surface area contributed by atoms with Crippen LogP contribution in [-0.2, 0) is 9.59 Å². The van der Waals surface area contributed by atoms with Crippen molar-refractivity contribution in [2.24, 2.45) is 23.7 Å². The Morgan fingerprint density at radius 3 is 2.10 bits per heavy atom. The molecule has 0 spiro atoms. The minimum absolute atomic E-state index is 0.0765. The van der Waals surface area contributed by atoms with Crippen LogP contribution in [0.3, 0.4) is 0 Å². The van der Waals surface area contributed by atoms with Crippen LogP contribution in [0.25, 0.3) is 0 Å². The summed E-state index contributed by atoms with van der Waals surface area (Å²) < 4.78 is 18.5. The van der Waals surface area contributed by atoms with E-state index in [9.17, 15) is 18.8 Å². The summed E-state index contributed by atoms with van der Waals surface area (Å²) in [5.41, 5.74) is 0.920. The molecule has 0 N–H and O–H groups in total. The van der Waals surface area contributed by atoms with E-state index in [1.54, 1.807) is 24.3 Å². The van der Waals surface area contributed by atoms with Gasteiger partial charge < -0.3 is 4.74 Å². The van der Waals surface area contributed by atoms with Crippen molar-refractivity contribution in [1.29, 1.82) is 0 Å². The van der Waals surface area contributed by atoms with Gasteiger partial charge in [-0.15, -0.1) is 0 Å². The Bertz CT molecular complexity index is 957. The maximum Gasteiger partial charge on any atom is 0.237 e. The number of halogens is 1. The first-order valence-corrected chi connectivity index (χ1v) is 9.92. The number of hydrogen-bond donors (Lipinski definition) is 0. The first-order chi connectivity index (χ1) is 14.0. The Labute approximate surface area is 167 Å². The quantitative estimate of drug-likeness (QED) is 0.575. The summed E-state index contributed by atoms with van der Waals surface area (Å²) in [4.78, 5) is 39.2. The molecule has 6 heteroatoms. The van der Waals surface area contributed by atoms with Crippen LogP contribution < -0.4 is 9.64 Å². The fourth-order valence-corrected chi connectivity index (χ4v) is 5.22. The average molecular weight is 393 g/mol. The van der Waals surface area contributed by atoms with Crippen molar-refractivity contribution in [2.75, 3.05) is 11.5 Å². The first kappa shape index (κ1) is 18.0. The normalized spacial score (nSPS) is 27.4. The largest absolute Gasteiger partial charge is 0.485 e. The van der Waals surface area contributed by atoms with Gasteiger partial charge in [0.25, 0.3) is 0 Å². The summed E-state index contributed by atoms with van der Waals surface area (Å²) >= 11 is 0. The third-order valence-electron chi connectivity index (χ3n) is 6.56. The summed E-state index contributed by atoms with van der Waals surface area (Å²) in [5, 5.41) is 0. The Kier molecular flexibility index (Phi) is 4.23. The Morgan fingerprint density at radius 2 is 1.52 bits per heavy atom. The number of amides is 2. The standard InChI is InChI=1S/C23H20FNO4/c24-16-5-3-13(4-6-16)19(26)12-29-18-9-7-17(8-10-18)25-22(27)20-14-1-2-15(11-14)21(20)23(25)28/h3-10,14-15,20-21H,1-2,11-12H2/t14-,15+,20-,21-/m0/s1. The van der Waals surface area contributed by atoms with Crippen molar-refractivity contribution >= 4 is 23.3 Å². The number of carbonyl (C=O) groups is 3. The van der Waals surface area contributed by atoms with Crippen molar-refractivity contribution in [1.82, 2.24) is 0 Å². The highest BCUT2D eigenvalue weighted by Crippen LogP contribution is 2.56. The molecule has 2 aliphatic carbocycles. The summed E-state index contributed by atoms with van der Waals surface area (Å²) in [7, 11) is 0. The molecule has 1 saturated heterocycles. The average Bonchev–Trinajstić information content (AvgIpc) is 3.41. The van der Waals surface area contributed by atoms with Crippen LogP contribution in [0.1, 0.15) is 29.6 Å². The molecule has 5 nitrogen and oxygen atoms in total. The summed E-state index contributed by atoms with van der Waals surface area (Å²) in [5.74, 6) is 0.0563. The molecule has 4 atom stereocenters. The Balaban J connectivity index is 1.26. The molecule has 2 saturated carbocycles. The van der Waals surface area contributed by atoms with Gasteiger partial charge in [-0.3, -0.25) is 19.3 Å². The van der Waals surface area contributed by atoms with Crippen molar-refractivity contribution in [3.05, 3.63) is 59.9 Å². The minimum Gasteiger partial charge on any atom is -0.485 e. The molecular weight excluding hydrogens is 373 g/mol. The SMILES string of the molecule is O=C(COc1ccc(N2C(=O)[C@H]3[C@@H]4CC[C@@H](C4)[C@@H]3C2=O)cc1)c1ccc(F)cc1. The van der Waals surface area contributed by atoms with E-state index in [1.165, 1.54) is 29.2 Å². The second kappa shape index (κ2) is 6.79. The van der Waals surface area contributed by atoms with Gasteiger partial charge in [-0.05, 0) is 79.6 Å². The zero-order chi connectivity index (χ0) is 20.1. The number of rotatable bonds is 5. The van der Waals surface area contributed by atoms with Crippen molar-refractivity contribution < 1.29 is 23.5 Å². The van der Waals surface area contributed by atoms with Crippen LogP contribution in [0.15, 0.2) is 48.5 Å². The Hall–Kier alpha value is -3.02. The fraction of sp³-hybridized carbons (Fsp3) is 0.348. The van der Waals surface area contributed by atoms with Crippen LogP contribution in [-0.4, -0.2) is 24.2 Å². The van der Waals surface area contributed by atoms with Gasteiger partial charge in [0.15, 0.2) is 12.4 Å². The van der Waals surface area contributed by atoms with E-state index >= 15 is 0 Å². The third-order valence-corrected chi connectivity index (χ3v) is 6.56. The molecule has 1 aliphatic heterocycles. The molecule has 2 aromatic rings. The summed E-state index contributed by atoms with van der Waals surface area (Å²) in [6.07, 6.45) is 3.11. The van der Waals surface area contributed by atoms with Crippen molar-refractivity contribution in [2.45, 2.75) is 19.3 Å². The van der Waals surface area contributed by atoms with Crippen LogP contribution in [0.2, 0.25) is 0 Å². The number of ketones is 1. The van der Waals surface area contributed by atoms with Gasteiger partial charge in [-0.25, -0.2) is 4.39 Å². The van der Waals surface area contributed by atoms with Crippen LogP contribution in [0.5, 0.6) is 5.75 Å². The van der Waals surface area contributed by atoms with Gasteiger partial charge in [0.1, 0.15) is 11.6 Å². The topological polar surface area (TPSA) is 63.7 Å². The van der Waals surface area contributed by atoms with Crippen molar-refractivity contribution in [3.63, 3.8) is 0 Å². The smallest absolute Gasteiger partial charge is 0.237 e. The number of hydrogen-bond acceptors (Lipinski definition) is 4. The van der Waals surface area contributed by atoms with Gasteiger partial charge in [-0.1, -0.05) is 0 Å². The molecule has 3 fully saturated rings. The van der Waals surface area contributed by atoms with E-state index in [4.69, 9.17) is 4.74 Å². The van der Waals surface area contributed by atoms with Crippen molar-refractivity contribution in [3.8, 4) is 5.75 Å². The molecule has 2 amide bonds. The lowest BCUT2D eigenvalue weighted by Gasteiger charge is -2.19. The van der Waals surface area contributed by atoms with Gasteiger partial charge in [0.2, 0.25) is 11.8 Å². The van der Waals surface area contributed by atoms with Gasteiger partial charge in [0, 0.05) is 5.56 Å². The molecule has 2 aromatic carbocycles. The van der Waals surface area contributed by atoms with E-state index in [1.807, 2.05) is 0 Å². The van der Waals surface area contributed by atoms with E-state index in [2.05, 4.69) is 0 Å². The number of anilines is 1. The number of nitrogens with zero attached hydrogens (tertiary/aromatic N) is 1. The molecule has 3 aliphatic rings. The number of fused-ring (bicyclic) bond motifs is 5. The molecule has 2 bridgehead atoms. The molecule has 148 valence electrons. The maximum atomic E-state index is 12.9. The number of ether oxygens (including phenoxy) is 1. The van der Waals surface area contributed by atoms with Crippen LogP contribution in [0.4, 0.5) is 10.1 Å². The zero-order valence-corrected chi connectivity index (χ0v) is 15.7. The van der Waals surface area contributed by atoms with E-state index in [0.29, 0.717) is 28.8 Å². The molecular formula is C23H20FNO4. The third kappa shape index (κ3) is 2.94. The lowest BCUT2D eigenvalue weighted by molar-refractivity contribution is -0.123. The predicted molar refractivity (Wildman–Crippen MR) is 103 cm³/mol. The highest BCUT2D eigenvalue weighted by Gasteiger charge is 2.61. The molecule has 29 heavy (non-hydrogen) atoms. The highest BCUT2D eigenvalue weighted by atomic mass is 19.1. The minimum atomic E-state index is -0.402. The molecule has 5 rings (SSSR count). The fourth-order valence-electron chi connectivity index (χ4n) is 5.22. The first-order valence-electron chi connectivity index (χ1n) is 9.92. The monoisotopic (exact) mass is 393 g/mol. The number of benzene rings is 2. The lowest BCUT2D eigenvalue weighted by atomic mass is 9.81. The number of imide groups is 1. The molecule has 0 radical (unpaired) electrons. The zero-order valence-electron chi connectivity index (χ0n) is 15.7. The van der Waals surface area contributed by atoms with E-state index < -0.39 is 5.82 Å². The second-order valence-electron chi connectivity index (χ2n) is 8.11. The molecule has 1 heterocycles. The van der Waals surface area contributed by atoms with E-state index in [0.717, 1.165) is 19.3 Å². The van der Waals surface area contributed by atoms with E-state index in [-0.39, 0.29) is 36.0 Å². The number of Topliss-reactive ketones (excluding diaryl/α,β-unsaturated/α-hetero) is 1.